The number of sulfonamides is 1. The van der Waals surface area contributed by atoms with Crippen molar-refractivity contribution in [1.82, 2.24) is 0 Å². The van der Waals surface area contributed by atoms with Crippen LogP contribution in [0.15, 0.2) is 41.3 Å². The van der Waals surface area contributed by atoms with Crippen molar-refractivity contribution < 1.29 is 13.2 Å². The Morgan fingerprint density at radius 3 is 2.22 bits per heavy atom. The monoisotopic (exact) mass is 266 g/mol. The Hall–Kier alpha value is -1.66. The van der Waals surface area contributed by atoms with Gasteiger partial charge < -0.3 is 5.32 Å². The fraction of sp³-hybridized carbons (Fsp3) is 0.250. The number of primary sulfonamides is 1. The van der Waals surface area contributed by atoms with Crippen molar-refractivity contribution >= 4 is 21.6 Å². The minimum Gasteiger partial charge on any atom is -0.326 e. The molecule has 0 spiro atoms. The molecule has 1 aromatic carbocycles. The Bertz CT molecular complexity index is 568. The molecule has 0 fully saturated rings. The van der Waals surface area contributed by atoms with E-state index in [1.165, 1.54) is 24.3 Å². The first-order valence-electron chi connectivity index (χ1n) is 5.55. The van der Waals surface area contributed by atoms with E-state index in [1.54, 1.807) is 0 Å². The third kappa shape index (κ3) is 2.96. The zero-order valence-electron chi connectivity index (χ0n) is 9.67. The SMILES string of the molecule is NS(=O)(=O)c1ccc(NC(=O)C2CC=CC2)cc1. The molecule has 0 radical (unpaired) electrons. The van der Waals surface area contributed by atoms with Crippen LogP contribution in [0.1, 0.15) is 12.8 Å². The zero-order valence-corrected chi connectivity index (χ0v) is 10.5. The lowest BCUT2D eigenvalue weighted by molar-refractivity contribution is -0.119. The number of anilines is 1. The summed E-state index contributed by atoms with van der Waals surface area (Å²) < 4.78 is 22.1. The standard InChI is InChI=1S/C12H14N2O3S/c13-18(16,17)11-7-5-10(6-8-11)14-12(15)9-3-1-2-4-9/h1-2,5-9H,3-4H2,(H,14,15)(H2,13,16,17). The Labute approximate surface area is 106 Å². The van der Waals surface area contributed by atoms with Crippen LogP contribution in [0, 0.1) is 5.92 Å². The molecule has 0 saturated carbocycles. The minimum absolute atomic E-state index is 0.0251. The third-order valence-corrected chi connectivity index (χ3v) is 3.76. The van der Waals surface area contributed by atoms with Crippen molar-refractivity contribution in [2.75, 3.05) is 5.32 Å². The van der Waals surface area contributed by atoms with Gasteiger partial charge in [-0.3, -0.25) is 4.79 Å². The van der Waals surface area contributed by atoms with Crippen LogP contribution in [0.4, 0.5) is 5.69 Å². The van der Waals surface area contributed by atoms with Crippen molar-refractivity contribution in [1.29, 1.82) is 0 Å². The van der Waals surface area contributed by atoms with Crippen LogP contribution < -0.4 is 10.5 Å². The number of carbonyl (C=O) groups excluding carboxylic acids is 1. The zero-order chi connectivity index (χ0) is 13.2. The Kier molecular flexibility index (Phi) is 3.49. The molecule has 1 aliphatic carbocycles. The first-order valence-corrected chi connectivity index (χ1v) is 7.10. The quantitative estimate of drug-likeness (QED) is 0.806. The molecular formula is C12H14N2O3S. The second-order valence-corrected chi connectivity index (χ2v) is 5.76. The van der Waals surface area contributed by atoms with Crippen LogP contribution in [0.5, 0.6) is 0 Å². The highest BCUT2D eigenvalue weighted by Crippen LogP contribution is 2.20. The summed E-state index contributed by atoms with van der Waals surface area (Å²) in [5.41, 5.74) is 0.569. The highest BCUT2D eigenvalue weighted by Gasteiger charge is 2.19. The predicted octanol–water partition coefficient (Wildman–Crippen LogP) is 1.24. The summed E-state index contributed by atoms with van der Waals surface area (Å²) in [6.07, 6.45) is 5.46. The van der Waals surface area contributed by atoms with Gasteiger partial charge in [0.05, 0.1) is 4.90 Å². The maximum Gasteiger partial charge on any atom is 0.238 e. The molecule has 1 aromatic rings. The topological polar surface area (TPSA) is 89.3 Å². The highest BCUT2D eigenvalue weighted by molar-refractivity contribution is 7.89. The smallest absolute Gasteiger partial charge is 0.238 e. The second-order valence-electron chi connectivity index (χ2n) is 4.20. The van der Waals surface area contributed by atoms with E-state index in [1.807, 2.05) is 12.2 Å². The van der Waals surface area contributed by atoms with Gasteiger partial charge in [0.2, 0.25) is 15.9 Å². The summed E-state index contributed by atoms with van der Waals surface area (Å²) in [5.74, 6) is -0.0775. The van der Waals surface area contributed by atoms with E-state index < -0.39 is 10.0 Å². The summed E-state index contributed by atoms with van der Waals surface area (Å²) in [5, 5.41) is 7.73. The molecule has 0 bridgehead atoms. The van der Waals surface area contributed by atoms with Crippen LogP contribution in [-0.4, -0.2) is 14.3 Å². The van der Waals surface area contributed by atoms with Gasteiger partial charge in [0.15, 0.2) is 0 Å². The van der Waals surface area contributed by atoms with Gasteiger partial charge in [-0.2, -0.15) is 0 Å². The molecule has 2 rings (SSSR count). The van der Waals surface area contributed by atoms with Gasteiger partial charge in [0, 0.05) is 11.6 Å². The Balaban J connectivity index is 2.04. The Morgan fingerprint density at radius 2 is 1.72 bits per heavy atom. The summed E-state index contributed by atoms with van der Waals surface area (Å²) in [4.78, 5) is 11.8. The van der Waals surface area contributed by atoms with Gasteiger partial charge in [-0.1, -0.05) is 12.2 Å². The molecule has 6 heteroatoms. The first kappa shape index (κ1) is 12.8. The second kappa shape index (κ2) is 4.91. The van der Waals surface area contributed by atoms with Crippen LogP contribution in [0.3, 0.4) is 0 Å². The molecule has 5 nitrogen and oxygen atoms in total. The highest BCUT2D eigenvalue weighted by atomic mass is 32.2. The number of amides is 1. The van der Waals surface area contributed by atoms with Gasteiger partial charge in [0.25, 0.3) is 0 Å². The predicted molar refractivity (Wildman–Crippen MR) is 68.3 cm³/mol. The lowest BCUT2D eigenvalue weighted by atomic mass is 10.1. The van der Waals surface area contributed by atoms with E-state index in [4.69, 9.17) is 5.14 Å². The number of hydrogen-bond acceptors (Lipinski definition) is 3. The van der Waals surface area contributed by atoms with Crippen molar-refractivity contribution in [2.45, 2.75) is 17.7 Å². The van der Waals surface area contributed by atoms with Crippen LogP contribution in [0.25, 0.3) is 0 Å². The number of nitrogens with two attached hydrogens (primary N) is 1. The van der Waals surface area contributed by atoms with E-state index in [0.29, 0.717) is 5.69 Å². The first-order chi connectivity index (χ1) is 8.47. The van der Waals surface area contributed by atoms with E-state index in [0.717, 1.165) is 12.8 Å². The molecule has 0 unspecified atom stereocenters. The largest absolute Gasteiger partial charge is 0.326 e. The number of nitrogens with one attached hydrogen (secondary N) is 1. The summed E-state index contributed by atoms with van der Waals surface area (Å²) in [6, 6.07) is 5.80. The van der Waals surface area contributed by atoms with E-state index in [-0.39, 0.29) is 16.7 Å². The number of carbonyl (C=O) groups is 1. The van der Waals surface area contributed by atoms with Crippen molar-refractivity contribution in [3.05, 3.63) is 36.4 Å². The third-order valence-electron chi connectivity index (χ3n) is 2.83. The number of benzene rings is 1. The van der Waals surface area contributed by atoms with Gasteiger partial charge in [0.1, 0.15) is 0 Å². The van der Waals surface area contributed by atoms with Crippen molar-refractivity contribution in [3.8, 4) is 0 Å². The molecule has 0 heterocycles. The number of allylic oxidation sites excluding steroid dienone is 2. The molecular weight excluding hydrogens is 252 g/mol. The fourth-order valence-corrected chi connectivity index (χ4v) is 2.32. The maximum absolute atomic E-state index is 11.8. The van der Waals surface area contributed by atoms with E-state index >= 15 is 0 Å². The summed E-state index contributed by atoms with van der Waals surface area (Å²) in [6.45, 7) is 0. The van der Waals surface area contributed by atoms with Crippen LogP contribution in [0.2, 0.25) is 0 Å². The molecule has 3 N–H and O–H groups in total. The van der Waals surface area contributed by atoms with Gasteiger partial charge in [-0.15, -0.1) is 0 Å². The number of rotatable bonds is 3. The van der Waals surface area contributed by atoms with E-state index in [2.05, 4.69) is 5.32 Å². The average Bonchev–Trinajstić information content (AvgIpc) is 2.82. The van der Waals surface area contributed by atoms with Crippen LogP contribution >= 0.6 is 0 Å². The summed E-state index contributed by atoms with van der Waals surface area (Å²) >= 11 is 0. The number of hydrogen-bond donors (Lipinski definition) is 2. The Morgan fingerprint density at radius 1 is 1.17 bits per heavy atom. The molecule has 1 amide bonds. The molecule has 96 valence electrons. The minimum atomic E-state index is -3.69. The normalized spacial score (nSPS) is 15.8. The summed E-state index contributed by atoms with van der Waals surface area (Å²) in [7, 11) is -3.69. The van der Waals surface area contributed by atoms with E-state index in [9.17, 15) is 13.2 Å². The molecule has 18 heavy (non-hydrogen) atoms. The van der Waals surface area contributed by atoms with Gasteiger partial charge in [-0.05, 0) is 37.1 Å². The van der Waals surface area contributed by atoms with Crippen LogP contribution in [-0.2, 0) is 14.8 Å². The lowest BCUT2D eigenvalue weighted by Gasteiger charge is -2.10. The lowest BCUT2D eigenvalue weighted by Crippen LogP contribution is -2.20. The average molecular weight is 266 g/mol. The van der Waals surface area contributed by atoms with Gasteiger partial charge >= 0.3 is 0 Å². The molecule has 0 atom stereocenters. The molecule has 0 aliphatic heterocycles. The van der Waals surface area contributed by atoms with Gasteiger partial charge in [-0.25, -0.2) is 13.6 Å². The van der Waals surface area contributed by atoms with Crippen molar-refractivity contribution in [2.24, 2.45) is 11.1 Å². The fourth-order valence-electron chi connectivity index (χ4n) is 1.80. The molecule has 0 saturated heterocycles. The molecule has 1 aliphatic rings. The molecule has 0 aromatic heterocycles. The maximum atomic E-state index is 11.8. The van der Waals surface area contributed by atoms with Crippen molar-refractivity contribution in [3.63, 3.8) is 0 Å².